The van der Waals surface area contributed by atoms with E-state index >= 15 is 0 Å². The van der Waals surface area contributed by atoms with Crippen molar-refractivity contribution in [2.75, 3.05) is 19.6 Å². The minimum Gasteiger partial charge on any atom is -0.341 e. The van der Waals surface area contributed by atoms with Crippen LogP contribution in [0.25, 0.3) is 0 Å². The van der Waals surface area contributed by atoms with Gasteiger partial charge in [0.2, 0.25) is 11.8 Å². The number of benzene rings is 1. The largest absolute Gasteiger partial charge is 0.341 e. The Bertz CT molecular complexity index is 576. The zero-order valence-corrected chi connectivity index (χ0v) is 13.4. The number of carbonyl (C=O) groups is 2. The Morgan fingerprint density at radius 1 is 1.23 bits per heavy atom. The van der Waals surface area contributed by atoms with E-state index in [1.54, 1.807) is 4.90 Å². The van der Waals surface area contributed by atoms with Gasteiger partial charge in [-0.15, -0.1) is 0 Å². The molecule has 0 radical (unpaired) electrons. The molecule has 4 nitrogen and oxygen atoms in total. The van der Waals surface area contributed by atoms with Gasteiger partial charge in [0.15, 0.2) is 0 Å². The number of likely N-dealkylation sites (N-methyl/N-ethyl adjacent to an activating group) is 1. The second-order valence-corrected chi connectivity index (χ2v) is 6.47. The number of rotatable bonds is 2. The number of piperidine rings is 1. The Balaban J connectivity index is 1.92. The van der Waals surface area contributed by atoms with E-state index in [1.165, 1.54) is 0 Å². The minimum absolute atomic E-state index is 0.0601. The molecule has 1 atom stereocenters. The van der Waals surface area contributed by atoms with Gasteiger partial charge in [-0.1, -0.05) is 31.2 Å². The highest BCUT2D eigenvalue weighted by atomic mass is 16.2. The molecule has 1 aromatic rings. The Hall–Kier alpha value is -1.84. The van der Waals surface area contributed by atoms with Crippen molar-refractivity contribution in [3.8, 4) is 0 Å². The summed E-state index contributed by atoms with van der Waals surface area (Å²) in [5.41, 5.74) is 2.01. The van der Waals surface area contributed by atoms with E-state index in [1.807, 2.05) is 36.1 Å². The predicted molar refractivity (Wildman–Crippen MR) is 85.3 cm³/mol. The third-order valence-corrected chi connectivity index (χ3v) is 4.99. The van der Waals surface area contributed by atoms with Crippen LogP contribution in [0.2, 0.25) is 0 Å². The lowest BCUT2D eigenvalue weighted by Gasteiger charge is -2.40. The van der Waals surface area contributed by atoms with Crippen LogP contribution in [0.3, 0.4) is 0 Å². The van der Waals surface area contributed by atoms with E-state index in [9.17, 15) is 9.59 Å². The molecule has 0 N–H and O–H groups in total. The molecule has 1 saturated heterocycles. The van der Waals surface area contributed by atoms with Crippen LogP contribution in [0.1, 0.15) is 43.9 Å². The van der Waals surface area contributed by atoms with E-state index in [0.717, 1.165) is 37.1 Å². The molecule has 2 amide bonds. The van der Waals surface area contributed by atoms with Crippen molar-refractivity contribution in [1.29, 1.82) is 0 Å². The topological polar surface area (TPSA) is 40.6 Å². The quantitative estimate of drug-likeness (QED) is 0.841. The summed E-state index contributed by atoms with van der Waals surface area (Å²) in [5.74, 6) is 0.839. The van der Waals surface area contributed by atoms with Gasteiger partial charge in [0.05, 0.1) is 6.42 Å². The minimum atomic E-state index is -0.434. The summed E-state index contributed by atoms with van der Waals surface area (Å²) in [7, 11) is 0. The third-order valence-electron chi connectivity index (χ3n) is 4.99. The first-order chi connectivity index (χ1) is 10.6. The Kier molecular flexibility index (Phi) is 4.19. The molecule has 0 bridgehead atoms. The molecule has 3 rings (SSSR count). The van der Waals surface area contributed by atoms with Crippen molar-refractivity contribution in [2.24, 2.45) is 5.92 Å². The highest BCUT2D eigenvalue weighted by Gasteiger charge is 2.38. The van der Waals surface area contributed by atoms with Crippen LogP contribution in [0, 0.1) is 5.92 Å². The summed E-state index contributed by atoms with van der Waals surface area (Å²) < 4.78 is 0. The summed E-state index contributed by atoms with van der Waals surface area (Å²) in [5, 5.41) is 0. The van der Waals surface area contributed by atoms with Gasteiger partial charge in [-0.2, -0.15) is 0 Å². The molecule has 2 aliphatic heterocycles. The Labute approximate surface area is 132 Å². The molecule has 4 heteroatoms. The summed E-state index contributed by atoms with van der Waals surface area (Å²) in [4.78, 5) is 29.1. The van der Waals surface area contributed by atoms with Crippen LogP contribution >= 0.6 is 0 Å². The van der Waals surface area contributed by atoms with Crippen molar-refractivity contribution >= 4 is 11.8 Å². The van der Waals surface area contributed by atoms with Crippen molar-refractivity contribution in [3.63, 3.8) is 0 Å². The lowest BCUT2D eigenvalue weighted by molar-refractivity contribution is -0.147. The predicted octanol–water partition coefficient (Wildman–Crippen LogP) is 2.39. The Morgan fingerprint density at radius 2 is 1.91 bits per heavy atom. The second kappa shape index (κ2) is 6.11. The van der Waals surface area contributed by atoms with Gasteiger partial charge in [0.1, 0.15) is 6.04 Å². The lowest BCUT2D eigenvalue weighted by Crippen LogP contribution is -2.50. The average Bonchev–Trinajstić information content (AvgIpc) is 2.53. The molecule has 1 aromatic carbocycles. The fraction of sp³-hybridized carbons (Fsp3) is 0.556. The second-order valence-electron chi connectivity index (χ2n) is 6.47. The molecule has 1 fully saturated rings. The molecule has 2 heterocycles. The van der Waals surface area contributed by atoms with Crippen LogP contribution < -0.4 is 0 Å². The molecule has 0 aliphatic carbocycles. The molecule has 0 unspecified atom stereocenters. The first kappa shape index (κ1) is 15.1. The maximum atomic E-state index is 13.1. The summed E-state index contributed by atoms with van der Waals surface area (Å²) in [6, 6.07) is 7.44. The van der Waals surface area contributed by atoms with Crippen LogP contribution in [-0.2, 0) is 16.0 Å². The average molecular weight is 300 g/mol. The molecule has 0 aromatic heterocycles. The van der Waals surface area contributed by atoms with Gasteiger partial charge < -0.3 is 9.80 Å². The number of hydrogen-bond acceptors (Lipinski definition) is 2. The molecule has 2 aliphatic rings. The van der Waals surface area contributed by atoms with Crippen LogP contribution in [0.5, 0.6) is 0 Å². The van der Waals surface area contributed by atoms with Gasteiger partial charge in [-0.25, -0.2) is 0 Å². The lowest BCUT2D eigenvalue weighted by atomic mass is 9.90. The van der Waals surface area contributed by atoms with E-state index in [-0.39, 0.29) is 11.8 Å². The van der Waals surface area contributed by atoms with Gasteiger partial charge >= 0.3 is 0 Å². The highest BCUT2D eigenvalue weighted by molar-refractivity contribution is 5.92. The van der Waals surface area contributed by atoms with Gasteiger partial charge in [-0.3, -0.25) is 9.59 Å². The van der Waals surface area contributed by atoms with Gasteiger partial charge in [-0.05, 0) is 36.8 Å². The zero-order valence-electron chi connectivity index (χ0n) is 13.4. The van der Waals surface area contributed by atoms with Gasteiger partial charge in [0.25, 0.3) is 0 Å². The van der Waals surface area contributed by atoms with Crippen molar-refractivity contribution in [3.05, 3.63) is 35.4 Å². The maximum Gasteiger partial charge on any atom is 0.250 e. The van der Waals surface area contributed by atoms with Crippen molar-refractivity contribution in [2.45, 2.75) is 39.2 Å². The van der Waals surface area contributed by atoms with Crippen molar-refractivity contribution in [1.82, 2.24) is 9.80 Å². The molecular weight excluding hydrogens is 276 g/mol. The Morgan fingerprint density at radius 3 is 2.59 bits per heavy atom. The van der Waals surface area contributed by atoms with E-state index in [0.29, 0.717) is 18.9 Å². The number of hydrogen-bond donors (Lipinski definition) is 0. The smallest absolute Gasteiger partial charge is 0.250 e. The maximum absolute atomic E-state index is 13.1. The van der Waals surface area contributed by atoms with Crippen LogP contribution in [0.4, 0.5) is 0 Å². The molecule has 0 spiro atoms. The summed E-state index contributed by atoms with van der Waals surface area (Å²) in [6.45, 7) is 6.38. The number of carbonyl (C=O) groups excluding carboxylic acids is 2. The van der Waals surface area contributed by atoms with Gasteiger partial charge in [0, 0.05) is 19.6 Å². The molecule has 22 heavy (non-hydrogen) atoms. The first-order valence-corrected chi connectivity index (χ1v) is 8.28. The monoisotopic (exact) mass is 300 g/mol. The fourth-order valence-corrected chi connectivity index (χ4v) is 3.57. The number of fused-ring (bicyclic) bond motifs is 1. The van der Waals surface area contributed by atoms with Crippen LogP contribution in [0.15, 0.2) is 24.3 Å². The molecule has 0 saturated carbocycles. The van der Waals surface area contributed by atoms with E-state index < -0.39 is 6.04 Å². The van der Waals surface area contributed by atoms with E-state index in [4.69, 9.17) is 0 Å². The van der Waals surface area contributed by atoms with E-state index in [2.05, 4.69) is 6.92 Å². The number of likely N-dealkylation sites (tertiary alicyclic amines) is 1. The third kappa shape index (κ3) is 2.62. The highest BCUT2D eigenvalue weighted by Crippen LogP contribution is 2.32. The number of amides is 2. The molecular formula is C18H24N2O2. The standard InChI is InChI=1S/C18H24N2O2/c1-3-20-16(21)12-14-6-4-5-7-15(14)17(20)18(22)19-10-8-13(2)9-11-19/h4-7,13,17H,3,8-12H2,1-2H3/t17-/m0/s1. The number of nitrogens with zero attached hydrogens (tertiary/aromatic N) is 2. The van der Waals surface area contributed by atoms with Crippen LogP contribution in [-0.4, -0.2) is 41.2 Å². The normalized spacial score (nSPS) is 22.6. The van der Waals surface area contributed by atoms with Crippen molar-refractivity contribution < 1.29 is 9.59 Å². The summed E-state index contributed by atoms with van der Waals surface area (Å²) in [6.07, 6.45) is 2.52. The zero-order chi connectivity index (χ0) is 15.7. The fourth-order valence-electron chi connectivity index (χ4n) is 3.57. The molecule has 118 valence electrons. The SMILES string of the molecule is CCN1C(=O)Cc2ccccc2[C@H]1C(=O)N1CCC(C)CC1. The summed E-state index contributed by atoms with van der Waals surface area (Å²) >= 11 is 0. The first-order valence-electron chi connectivity index (χ1n) is 8.28.